The van der Waals surface area contributed by atoms with Crippen molar-refractivity contribution in [3.63, 3.8) is 0 Å². The molecule has 0 aromatic carbocycles. The predicted octanol–water partition coefficient (Wildman–Crippen LogP) is 3.47. The Balaban J connectivity index is 2.05. The number of hydrogen-bond donors (Lipinski definition) is 0. The Kier molecular flexibility index (Phi) is 3.29. The molecular weight excluding hydrogens is 290 g/mol. The van der Waals surface area contributed by atoms with E-state index in [1.165, 1.54) is 18.5 Å². The minimum absolute atomic E-state index is 0.770. The lowest BCUT2D eigenvalue weighted by Gasteiger charge is -2.31. The number of rotatable bonds is 2. The van der Waals surface area contributed by atoms with Crippen LogP contribution < -0.4 is 4.90 Å². The van der Waals surface area contributed by atoms with E-state index in [1.807, 2.05) is 6.07 Å². The molecular formula is C14H18BrN3. The summed E-state index contributed by atoms with van der Waals surface area (Å²) in [4.78, 5) is 7.24. The number of fused-ring (bicyclic) bond motifs is 1. The van der Waals surface area contributed by atoms with Gasteiger partial charge in [0.2, 0.25) is 0 Å². The van der Waals surface area contributed by atoms with E-state index in [2.05, 4.69) is 50.5 Å². The number of anilines is 1. The highest BCUT2D eigenvalue weighted by Crippen LogP contribution is 2.28. The van der Waals surface area contributed by atoms with E-state index in [0.29, 0.717) is 0 Å². The van der Waals surface area contributed by atoms with Crippen molar-refractivity contribution >= 4 is 27.4 Å². The van der Waals surface area contributed by atoms with Crippen molar-refractivity contribution in [3.05, 3.63) is 30.1 Å². The maximum atomic E-state index is 4.80. The first-order valence-electron chi connectivity index (χ1n) is 6.56. The smallest absolute Gasteiger partial charge is 0.152 e. The highest BCUT2D eigenvalue weighted by molar-refractivity contribution is 9.08. The van der Waals surface area contributed by atoms with Gasteiger partial charge in [-0.1, -0.05) is 28.9 Å². The van der Waals surface area contributed by atoms with Gasteiger partial charge in [0.05, 0.1) is 5.69 Å². The van der Waals surface area contributed by atoms with E-state index in [-0.39, 0.29) is 0 Å². The molecule has 3 rings (SSSR count). The third kappa shape index (κ3) is 2.03. The summed E-state index contributed by atoms with van der Waals surface area (Å²) in [6.07, 6.45) is 4.71. The number of hydrogen-bond acceptors (Lipinski definition) is 2. The zero-order valence-electron chi connectivity index (χ0n) is 10.6. The minimum Gasteiger partial charge on any atom is -0.355 e. The van der Waals surface area contributed by atoms with Gasteiger partial charge in [-0.15, -0.1) is 0 Å². The van der Waals surface area contributed by atoms with Crippen LogP contribution in [0.3, 0.4) is 0 Å². The lowest BCUT2D eigenvalue weighted by Crippen LogP contribution is -2.35. The average Bonchev–Trinajstić information content (AvgIpc) is 2.77. The molecule has 0 amide bonds. The van der Waals surface area contributed by atoms with Crippen LogP contribution in [0.1, 0.15) is 25.5 Å². The third-order valence-corrected chi connectivity index (χ3v) is 4.22. The molecule has 1 atom stereocenters. The SMILES string of the molecule is CC1CCCN(c2nc3ccccn3c2CBr)C1. The Bertz CT molecular complexity index is 549. The van der Waals surface area contributed by atoms with Crippen molar-refractivity contribution in [2.45, 2.75) is 25.1 Å². The number of imidazole rings is 1. The normalized spacial score (nSPS) is 20.6. The number of piperidine rings is 1. The second kappa shape index (κ2) is 4.92. The summed E-state index contributed by atoms with van der Waals surface area (Å²) >= 11 is 3.60. The summed E-state index contributed by atoms with van der Waals surface area (Å²) in [5.74, 6) is 1.93. The first kappa shape index (κ1) is 12.0. The molecule has 0 saturated carbocycles. The van der Waals surface area contributed by atoms with Crippen LogP contribution in [0, 0.1) is 5.92 Å². The number of alkyl halides is 1. The van der Waals surface area contributed by atoms with Crippen molar-refractivity contribution in [3.8, 4) is 0 Å². The van der Waals surface area contributed by atoms with E-state index in [9.17, 15) is 0 Å². The van der Waals surface area contributed by atoms with Crippen molar-refractivity contribution < 1.29 is 0 Å². The van der Waals surface area contributed by atoms with Crippen LogP contribution in [0.4, 0.5) is 5.82 Å². The van der Waals surface area contributed by atoms with Gasteiger partial charge in [0.1, 0.15) is 5.65 Å². The van der Waals surface area contributed by atoms with Gasteiger partial charge < -0.3 is 9.30 Å². The molecule has 0 bridgehead atoms. The van der Waals surface area contributed by atoms with Crippen LogP contribution in [0.25, 0.3) is 5.65 Å². The third-order valence-electron chi connectivity index (χ3n) is 3.69. The summed E-state index contributed by atoms with van der Waals surface area (Å²) in [5, 5.41) is 0.846. The molecule has 18 heavy (non-hydrogen) atoms. The molecule has 2 aromatic rings. The molecule has 2 aromatic heterocycles. The zero-order chi connectivity index (χ0) is 12.5. The van der Waals surface area contributed by atoms with E-state index < -0.39 is 0 Å². The lowest BCUT2D eigenvalue weighted by molar-refractivity contribution is 0.444. The molecule has 0 aliphatic carbocycles. The van der Waals surface area contributed by atoms with Gasteiger partial charge in [-0.05, 0) is 30.9 Å². The second-order valence-electron chi connectivity index (χ2n) is 5.14. The molecule has 1 unspecified atom stereocenters. The number of pyridine rings is 1. The Labute approximate surface area is 116 Å². The fourth-order valence-electron chi connectivity index (χ4n) is 2.79. The van der Waals surface area contributed by atoms with Crippen LogP contribution >= 0.6 is 15.9 Å². The molecule has 96 valence electrons. The number of nitrogens with zero attached hydrogens (tertiary/aromatic N) is 3. The summed E-state index contributed by atoms with van der Waals surface area (Å²) in [5.41, 5.74) is 2.31. The standard InChI is InChI=1S/C14H18BrN3/c1-11-5-4-7-17(10-11)14-12(9-15)18-8-3-2-6-13(18)16-14/h2-3,6,8,11H,4-5,7,9-10H2,1H3. The predicted molar refractivity (Wildman–Crippen MR) is 78.4 cm³/mol. The zero-order valence-corrected chi connectivity index (χ0v) is 12.2. The van der Waals surface area contributed by atoms with Crippen LogP contribution in [-0.2, 0) is 5.33 Å². The quantitative estimate of drug-likeness (QED) is 0.792. The second-order valence-corrected chi connectivity index (χ2v) is 5.70. The molecule has 1 aliphatic rings. The van der Waals surface area contributed by atoms with Gasteiger partial charge in [0.25, 0.3) is 0 Å². The van der Waals surface area contributed by atoms with Crippen molar-refractivity contribution in [1.29, 1.82) is 0 Å². The maximum absolute atomic E-state index is 4.80. The monoisotopic (exact) mass is 307 g/mol. The molecule has 1 aliphatic heterocycles. The molecule has 0 spiro atoms. The van der Waals surface area contributed by atoms with Crippen LogP contribution in [0.2, 0.25) is 0 Å². The Morgan fingerprint density at radius 1 is 1.44 bits per heavy atom. The van der Waals surface area contributed by atoms with Gasteiger partial charge in [-0.2, -0.15) is 0 Å². The first-order valence-corrected chi connectivity index (χ1v) is 7.68. The fourth-order valence-corrected chi connectivity index (χ4v) is 3.31. The Morgan fingerprint density at radius 3 is 3.11 bits per heavy atom. The first-order chi connectivity index (χ1) is 8.79. The molecule has 3 nitrogen and oxygen atoms in total. The van der Waals surface area contributed by atoms with E-state index in [4.69, 9.17) is 4.98 Å². The van der Waals surface area contributed by atoms with Crippen molar-refractivity contribution in [1.82, 2.24) is 9.38 Å². The summed E-state index contributed by atoms with van der Waals surface area (Å²) < 4.78 is 2.18. The van der Waals surface area contributed by atoms with Gasteiger partial charge in [0, 0.05) is 24.6 Å². The topological polar surface area (TPSA) is 20.5 Å². The van der Waals surface area contributed by atoms with Crippen LogP contribution in [0.15, 0.2) is 24.4 Å². The van der Waals surface area contributed by atoms with Crippen molar-refractivity contribution in [2.24, 2.45) is 5.92 Å². The molecule has 1 saturated heterocycles. The van der Waals surface area contributed by atoms with E-state index in [0.717, 1.165) is 35.8 Å². The van der Waals surface area contributed by atoms with E-state index >= 15 is 0 Å². The largest absolute Gasteiger partial charge is 0.355 e. The minimum atomic E-state index is 0.770. The highest BCUT2D eigenvalue weighted by atomic mass is 79.9. The Morgan fingerprint density at radius 2 is 2.33 bits per heavy atom. The molecule has 4 heteroatoms. The fraction of sp³-hybridized carbons (Fsp3) is 0.500. The molecule has 3 heterocycles. The summed E-state index contributed by atoms with van der Waals surface area (Å²) in [6.45, 7) is 4.59. The molecule has 0 N–H and O–H groups in total. The van der Waals surface area contributed by atoms with Gasteiger partial charge in [-0.25, -0.2) is 4.98 Å². The lowest BCUT2D eigenvalue weighted by atomic mass is 10.0. The summed E-state index contributed by atoms with van der Waals surface area (Å²) in [7, 11) is 0. The number of aromatic nitrogens is 2. The van der Waals surface area contributed by atoms with Crippen molar-refractivity contribution in [2.75, 3.05) is 18.0 Å². The average molecular weight is 308 g/mol. The van der Waals surface area contributed by atoms with Gasteiger partial charge in [0.15, 0.2) is 5.82 Å². The van der Waals surface area contributed by atoms with E-state index in [1.54, 1.807) is 0 Å². The summed E-state index contributed by atoms with van der Waals surface area (Å²) in [6, 6.07) is 6.18. The molecule has 0 radical (unpaired) electrons. The van der Waals surface area contributed by atoms with Gasteiger partial charge in [-0.3, -0.25) is 0 Å². The number of halogens is 1. The van der Waals surface area contributed by atoms with Crippen LogP contribution in [0.5, 0.6) is 0 Å². The van der Waals surface area contributed by atoms with Crippen LogP contribution in [-0.4, -0.2) is 22.5 Å². The maximum Gasteiger partial charge on any atom is 0.152 e. The molecule has 1 fully saturated rings. The highest BCUT2D eigenvalue weighted by Gasteiger charge is 2.22. The van der Waals surface area contributed by atoms with Gasteiger partial charge >= 0.3 is 0 Å². The Hall–Kier alpha value is -1.03.